The topological polar surface area (TPSA) is 0 Å². The minimum absolute atomic E-state index is 0.827. The van der Waals surface area contributed by atoms with Gasteiger partial charge in [0.25, 0.3) is 0 Å². The molecule has 0 saturated heterocycles. The fourth-order valence-electron chi connectivity index (χ4n) is 0.594. The average molecular weight is 197 g/mol. The van der Waals surface area contributed by atoms with E-state index in [-0.39, 0.29) is 0 Å². The first-order chi connectivity index (χ1) is 5.33. The SMILES string of the molecule is CCCCCCl.CCCPC. The fraction of sp³-hybridized carbons (Fsp3) is 1.00. The van der Waals surface area contributed by atoms with Crippen LogP contribution in [0.15, 0.2) is 0 Å². The summed E-state index contributed by atoms with van der Waals surface area (Å²) in [5.41, 5.74) is 0. The molecule has 0 aliphatic carbocycles. The number of halogens is 1. The van der Waals surface area contributed by atoms with Gasteiger partial charge in [-0.25, -0.2) is 0 Å². The highest BCUT2D eigenvalue weighted by Crippen LogP contribution is 2.01. The Hall–Kier alpha value is 0.720. The summed E-state index contributed by atoms with van der Waals surface area (Å²) < 4.78 is 0. The zero-order chi connectivity index (χ0) is 8.95. The lowest BCUT2D eigenvalue weighted by molar-refractivity contribution is 0.776. The monoisotopic (exact) mass is 196 g/mol. The Morgan fingerprint density at radius 2 is 1.73 bits per heavy atom. The maximum absolute atomic E-state index is 5.38. The third kappa shape index (κ3) is 24.9. The van der Waals surface area contributed by atoms with Crippen LogP contribution in [0.25, 0.3) is 0 Å². The van der Waals surface area contributed by atoms with E-state index in [4.69, 9.17) is 11.6 Å². The van der Waals surface area contributed by atoms with Crippen molar-refractivity contribution in [1.82, 2.24) is 0 Å². The van der Waals surface area contributed by atoms with Gasteiger partial charge in [-0.05, 0) is 19.2 Å². The predicted molar refractivity (Wildman–Crippen MR) is 59.6 cm³/mol. The quantitative estimate of drug-likeness (QED) is 0.353. The van der Waals surface area contributed by atoms with E-state index in [0.29, 0.717) is 0 Å². The molecular formula is C9H22ClP. The summed E-state index contributed by atoms with van der Waals surface area (Å²) in [4.78, 5) is 0. The van der Waals surface area contributed by atoms with Gasteiger partial charge in [0.1, 0.15) is 0 Å². The Balaban J connectivity index is 0. The second kappa shape index (κ2) is 17.0. The average Bonchev–Trinajstić information content (AvgIpc) is 2.04. The van der Waals surface area contributed by atoms with Crippen molar-refractivity contribution < 1.29 is 0 Å². The molecule has 0 fully saturated rings. The smallest absolute Gasteiger partial charge is 0.0223 e. The van der Waals surface area contributed by atoms with Crippen LogP contribution in [0.4, 0.5) is 0 Å². The van der Waals surface area contributed by atoms with Crippen molar-refractivity contribution in [3.63, 3.8) is 0 Å². The molecule has 11 heavy (non-hydrogen) atoms. The van der Waals surface area contributed by atoms with Crippen LogP contribution in [0.2, 0.25) is 0 Å². The molecule has 0 aliphatic heterocycles. The minimum Gasteiger partial charge on any atom is -0.127 e. The van der Waals surface area contributed by atoms with Crippen molar-refractivity contribution in [3.05, 3.63) is 0 Å². The third-order valence-electron chi connectivity index (χ3n) is 1.24. The maximum Gasteiger partial charge on any atom is 0.0223 e. The molecule has 0 radical (unpaired) electrons. The van der Waals surface area contributed by atoms with Gasteiger partial charge in [0, 0.05) is 5.88 Å². The van der Waals surface area contributed by atoms with Crippen molar-refractivity contribution in [2.75, 3.05) is 18.7 Å². The summed E-state index contributed by atoms with van der Waals surface area (Å²) in [7, 11) is 1.16. The van der Waals surface area contributed by atoms with Crippen LogP contribution in [-0.2, 0) is 0 Å². The summed E-state index contributed by atoms with van der Waals surface area (Å²) in [6.07, 6.45) is 6.50. The zero-order valence-electron chi connectivity index (χ0n) is 8.12. The van der Waals surface area contributed by atoms with Gasteiger partial charge in [0.2, 0.25) is 0 Å². The molecule has 1 unspecified atom stereocenters. The van der Waals surface area contributed by atoms with Crippen molar-refractivity contribution in [1.29, 1.82) is 0 Å². The van der Waals surface area contributed by atoms with Crippen LogP contribution >= 0.6 is 20.2 Å². The van der Waals surface area contributed by atoms with Gasteiger partial charge in [-0.3, -0.25) is 0 Å². The van der Waals surface area contributed by atoms with Crippen LogP contribution in [0, 0.1) is 0 Å². The van der Waals surface area contributed by atoms with Gasteiger partial charge in [-0.2, -0.15) is 0 Å². The summed E-state index contributed by atoms with van der Waals surface area (Å²) >= 11 is 5.38. The van der Waals surface area contributed by atoms with Crippen molar-refractivity contribution in [2.24, 2.45) is 0 Å². The van der Waals surface area contributed by atoms with Gasteiger partial charge in [0.15, 0.2) is 0 Å². The first kappa shape index (κ1) is 14.3. The van der Waals surface area contributed by atoms with E-state index >= 15 is 0 Å². The lowest BCUT2D eigenvalue weighted by atomic mass is 10.3. The third-order valence-corrected chi connectivity index (χ3v) is 2.50. The van der Waals surface area contributed by atoms with E-state index in [1.54, 1.807) is 0 Å². The normalized spacial score (nSPS) is 9.82. The number of rotatable bonds is 5. The van der Waals surface area contributed by atoms with E-state index in [0.717, 1.165) is 14.5 Å². The van der Waals surface area contributed by atoms with E-state index < -0.39 is 0 Å². The van der Waals surface area contributed by atoms with Crippen LogP contribution in [-0.4, -0.2) is 18.7 Å². The lowest BCUT2D eigenvalue weighted by Crippen LogP contribution is -1.70. The summed E-state index contributed by atoms with van der Waals surface area (Å²) in [6.45, 7) is 6.63. The standard InChI is InChI=1S/C5H11Cl.C4H11P/c1-2-3-4-5-6;1-3-4-5-2/h2-5H2,1H3;5H,3-4H2,1-2H3. The first-order valence-corrected chi connectivity index (χ1v) is 6.78. The van der Waals surface area contributed by atoms with Gasteiger partial charge in [0.05, 0.1) is 0 Å². The fourth-order valence-corrected chi connectivity index (χ4v) is 1.28. The van der Waals surface area contributed by atoms with Crippen molar-refractivity contribution >= 4 is 20.2 Å². The maximum atomic E-state index is 5.38. The van der Waals surface area contributed by atoms with Crippen LogP contribution in [0.5, 0.6) is 0 Å². The summed E-state index contributed by atoms with van der Waals surface area (Å²) in [5.74, 6) is 0.827. The molecule has 0 aromatic carbocycles. The number of hydrogen-bond acceptors (Lipinski definition) is 0. The second-order valence-corrected chi connectivity index (χ2v) is 4.08. The van der Waals surface area contributed by atoms with Gasteiger partial charge in [-0.15, -0.1) is 20.2 Å². The number of alkyl halides is 1. The Kier molecular flexibility index (Phi) is 22.0. The molecule has 0 aromatic rings. The minimum atomic E-state index is 0.827. The largest absolute Gasteiger partial charge is 0.127 e. The molecule has 0 bridgehead atoms. The first-order valence-electron chi connectivity index (χ1n) is 4.54. The summed E-state index contributed by atoms with van der Waals surface area (Å²) in [5, 5.41) is 0. The van der Waals surface area contributed by atoms with Crippen LogP contribution in [0.1, 0.15) is 39.5 Å². The predicted octanol–water partition coefficient (Wildman–Crippen LogP) is 4.12. The van der Waals surface area contributed by atoms with E-state index in [1.807, 2.05) is 0 Å². The second-order valence-electron chi connectivity index (χ2n) is 2.50. The Labute approximate surface area is 78.9 Å². The molecule has 0 N–H and O–H groups in total. The molecule has 1 atom stereocenters. The molecule has 70 valence electrons. The zero-order valence-corrected chi connectivity index (χ0v) is 9.88. The van der Waals surface area contributed by atoms with Crippen molar-refractivity contribution in [3.8, 4) is 0 Å². The highest BCUT2D eigenvalue weighted by Gasteiger charge is 1.76. The molecule has 2 heteroatoms. The van der Waals surface area contributed by atoms with E-state index in [1.165, 1.54) is 31.8 Å². The van der Waals surface area contributed by atoms with Crippen LogP contribution in [0.3, 0.4) is 0 Å². The number of hydrogen-bond donors (Lipinski definition) is 0. The van der Waals surface area contributed by atoms with Crippen LogP contribution < -0.4 is 0 Å². The van der Waals surface area contributed by atoms with E-state index in [2.05, 4.69) is 20.5 Å². The molecule has 0 nitrogen and oxygen atoms in total. The molecule has 0 aliphatic rings. The molecule has 0 rings (SSSR count). The van der Waals surface area contributed by atoms with Gasteiger partial charge in [-0.1, -0.05) is 33.1 Å². The Morgan fingerprint density at radius 1 is 1.09 bits per heavy atom. The summed E-state index contributed by atoms with van der Waals surface area (Å²) in [6, 6.07) is 0. The van der Waals surface area contributed by atoms with Crippen molar-refractivity contribution in [2.45, 2.75) is 39.5 Å². The number of unbranched alkanes of at least 4 members (excludes halogenated alkanes) is 2. The van der Waals surface area contributed by atoms with E-state index in [9.17, 15) is 0 Å². The highest BCUT2D eigenvalue weighted by molar-refractivity contribution is 7.36. The molecule has 0 heterocycles. The van der Waals surface area contributed by atoms with Gasteiger partial charge >= 0.3 is 0 Å². The molecule has 0 spiro atoms. The molecule has 0 aromatic heterocycles. The molecular weight excluding hydrogens is 175 g/mol. The highest BCUT2D eigenvalue weighted by atomic mass is 35.5. The molecule has 0 saturated carbocycles. The van der Waals surface area contributed by atoms with Gasteiger partial charge < -0.3 is 0 Å². The molecule has 0 amide bonds. The Bertz CT molecular complexity index is 42.8. The lowest BCUT2D eigenvalue weighted by Gasteiger charge is -1.84. The Morgan fingerprint density at radius 3 is 1.82 bits per heavy atom.